The third-order valence-electron chi connectivity index (χ3n) is 5.11. The van der Waals surface area contributed by atoms with Crippen molar-refractivity contribution in [3.8, 4) is 0 Å². The number of amides is 3. The number of aliphatic carboxylic acids is 1. The summed E-state index contributed by atoms with van der Waals surface area (Å²) < 4.78 is 22.8. The molecule has 1 aliphatic heterocycles. The number of anilines is 1. The van der Waals surface area contributed by atoms with Crippen molar-refractivity contribution >= 4 is 51.0 Å². The molecule has 0 bridgehead atoms. The van der Waals surface area contributed by atoms with Crippen LogP contribution in [0.15, 0.2) is 65.6 Å². The van der Waals surface area contributed by atoms with Crippen LogP contribution < -0.4 is 10.0 Å². The van der Waals surface area contributed by atoms with Gasteiger partial charge in [-0.3, -0.25) is 14.4 Å². The van der Waals surface area contributed by atoms with Crippen LogP contribution in [-0.2, 0) is 35.6 Å². The molecule has 0 aliphatic carbocycles. The molecule has 1 saturated heterocycles. The Morgan fingerprint density at radius 2 is 1.82 bits per heavy atom. The standard InChI is InChI=1S/C22H20ClN3O7S/c23-15-2-1-3-16(12-15)26-20(28)13-18(22(26)31)25(19(27)8-9-21(29)30)11-10-14-4-6-17(7-5-14)34(24,32)33/h1-9,12,18H,10-11,13H2,(H,29,30)(H2,24,32,33)/b9-8+. The average Bonchev–Trinajstić information content (AvgIpc) is 3.05. The zero-order valence-corrected chi connectivity index (χ0v) is 19.2. The van der Waals surface area contributed by atoms with E-state index in [1.807, 2.05) is 0 Å². The molecule has 1 fully saturated rings. The van der Waals surface area contributed by atoms with Crippen LogP contribution in [0, 0.1) is 0 Å². The number of nitrogens with zero attached hydrogens (tertiary/aromatic N) is 2. The molecule has 1 unspecified atom stereocenters. The molecule has 0 saturated carbocycles. The largest absolute Gasteiger partial charge is 0.478 e. The van der Waals surface area contributed by atoms with E-state index in [9.17, 15) is 27.6 Å². The summed E-state index contributed by atoms with van der Waals surface area (Å²) in [4.78, 5) is 51.4. The minimum atomic E-state index is -3.87. The first-order chi connectivity index (χ1) is 16.0. The van der Waals surface area contributed by atoms with Crippen molar-refractivity contribution in [2.45, 2.75) is 23.8 Å². The summed E-state index contributed by atoms with van der Waals surface area (Å²) in [5, 5.41) is 14.3. The Morgan fingerprint density at radius 3 is 2.41 bits per heavy atom. The van der Waals surface area contributed by atoms with Gasteiger partial charge >= 0.3 is 5.97 Å². The van der Waals surface area contributed by atoms with Crippen LogP contribution in [0.1, 0.15) is 12.0 Å². The van der Waals surface area contributed by atoms with Gasteiger partial charge in [0.2, 0.25) is 21.8 Å². The monoisotopic (exact) mass is 505 g/mol. The molecule has 2 aromatic rings. The van der Waals surface area contributed by atoms with Crippen molar-refractivity contribution in [1.82, 2.24) is 4.90 Å². The van der Waals surface area contributed by atoms with Gasteiger partial charge in [0, 0.05) is 23.7 Å². The van der Waals surface area contributed by atoms with Crippen LogP contribution in [-0.4, -0.2) is 54.7 Å². The maximum Gasteiger partial charge on any atom is 0.328 e. The molecule has 10 nitrogen and oxygen atoms in total. The Labute approximate surface area is 200 Å². The highest BCUT2D eigenvalue weighted by Gasteiger charge is 2.44. The minimum absolute atomic E-state index is 0.0371. The summed E-state index contributed by atoms with van der Waals surface area (Å²) in [7, 11) is -3.87. The lowest BCUT2D eigenvalue weighted by molar-refractivity contribution is -0.135. The second-order valence-corrected chi connectivity index (χ2v) is 9.41. The molecule has 12 heteroatoms. The fourth-order valence-corrected chi connectivity index (χ4v) is 4.20. The molecule has 3 N–H and O–H groups in total. The normalized spacial score (nSPS) is 16.3. The second-order valence-electron chi connectivity index (χ2n) is 7.41. The Hall–Kier alpha value is -3.54. The smallest absolute Gasteiger partial charge is 0.328 e. The number of benzene rings is 2. The Balaban J connectivity index is 1.85. The van der Waals surface area contributed by atoms with E-state index < -0.39 is 39.8 Å². The van der Waals surface area contributed by atoms with Gasteiger partial charge in [-0.05, 0) is 42.3 Å². The summed E-state index contributed by atoms with van der Waals surface area (Å²) >= 11 is 5.97. The lowest BCUT2D eigenvalue weighted by atomic mass is 10.1. The number of nitrogens with two attached hydrogens (primary N) is 1. The predicted octanol–water partition coefficient (Wildman–Crippen LogP) is 1.33. The predicted molar refractivity (Wildman–Crippen MR) is 122 cm³/mol. The van der Waals surface area contributed by atoms with E-state index in [2.05, 4.69) is 0 Å². The van der Waals surface area contributed by atoms with E-state index in [4.69, 9.17) is 21.8 Å². The summed E-state index contributed by atoms with van der Waals surface area (Å²) in [6.45, 7) is -0.0371. The first kappa shape index (κ1) is 25.1. The summed E-state index contributed by atoms with van der Waals surface area (Å²) in [6, 6.07) is 10.6. The van der Waals surface area contributed by atoms with Gasteiger partial charge < -0.3 is 10.0 Å². The van der Waals surface area contributed by atoms with Gasteiger partial charge in [0.05, 0.1) is 17.0 Å². The molecule has 2 aromatic carbocycles. The van der Waals surface area contributed by atoms with Crippen molar-refractivity contribution in [2.75, 3.05) is 11.4 Å². The summed E-state index contributed by atoms with van der Waals surface area (Å²) in [6.07, 6.45) is 1.37. The number of hydrogen-bond donors (Lipinski definition) is 2. The van der Waals surface area contributed by atoms with E-state index in [1.54, 1.807) is 12.1 Å². The topological polar surface area (TPSA) is 155 Å². The van der Waals surface area contributed by atoms with E-state index in [1.165, 1.54) is 36.4 Å². The van der Waals surface area contributed by atoms with Crippen molar-refractivity contribution in [3.05, 3.63) is 71.3 Å². The number of carbonyl (C=O) groups is 4. The van der Waals surface area contributed by atoms with Gasteiger partial charge in [-0.2, -0.15) is 0 Å². The molecule has 0 aromatic heterocycles. The molecule has 1 atom stereocenters. The number of halogens is 1. The van der Waals surface area contributed by atoms with Crippen LogP contribution in [0.4, 0.5) is 5.69 Å². The molecule has 0 spiro atoms. The number of hydrogen-bond acceptors (Lipinski definition) is 6. The quantitative estimate of drug-likeness (QED) is 0.405. The number of imide groups is 1. The summed E-state index contributed by atoms with van der Waals surface area (Å²) in [5.74, 6) is -3.28. The van der Waals surface area contributed by atoms with Gasteiger partial charge in [-0.15, -0.1) is 0 Å². The van der Waals surface area contributed by atoms with Crippen LogP contribution in [0.5, 0.6) is 0 Å². The number of rotatable bonds is 8. The fourth-order valence-electron chi connectivity index (χ4n) is 3.50. The molecule has 3 amide bonds. The highest BCUT2D eigenvalue weighted by molar-refractivity contribution is 7.89. The van der Waals surface area contributed by atoms with Gasteiger partial charge in [0.15, 0.2) is 0 Å². The highest BCUT2D eigenvalue weighted by atomic mass is 35.5. The van der Waals surface area contributed by atoms with Crippen molar-refractivity contribution in [3.63, 3.8) is 0 Å². The third kappa shape index (κ3) is 5.87. The van der Waals surface area contributed by atoms with Crippen molar-refractivity contribution < 1.29 is 32.7 Å². The Morgan fingerprint density at radius 1 is 1.15 bits per heavy atom. The van der Waals surface area contributed by atoms with E-state index in [0.29, 0.717) is 16.7 Å². The van der Waals surface area contributed by atoms with Crippen molar-refractivity contribution in [2.24, 2.45) is 5.14 Å². The molecule has 3 rings (SSSR count). The molecular formula is C22H20ClN3O7S. The van der Waals surface area contributed by atoms with Crippen LogP contribution in [0.2, 0.25) is 5.02 Å². The SMILES string of the molecule is NS(=O)(=O)c1ccc(CCN(C(=O)/C=C/C(=O)O)C2CC(=O)N(c3cccc(Cl)c3)C2=O)cc1. The summed E-state index contributed by atoms with van der Waals surface area (Å²) in [5.41, 5.74) is 0.896. The third-order valence-corrected chi connectivity index (χ3v) is 6.27. The number of primary sulfonamides is 1. The van der Waals surface area contributed by atoms with E-state index in [-0.39, 0.29) is 30.0 Å². The molecular weight excluding hydrogens is 486 g/mol. The zero-order chi connectivity index (χ0) is 25.0. The molecule has 34 heavy (non-hydrogen) atoms. The Bertz CT molecular complexity index is 1280. The van der Waals surface area contributed by atoms with E-state index >= 15 is 0 Å². The molecule has 178 valence electrons. The Kier molecular flexibility index (Phi) is 7.50. The van der Waals surface area contributed by atoms with E-state index in [0.717, 1.165) is 15.9 Å². The first-order valence-electron chi connectivity index (χ1n) is 9.93. The number of carboxylic acids is 1. The van der Waals surface area contributed by atoms with Crippen molar-refractivity contribution in [1.29, 1.82) is 0 Å². The minimum Gasteiger partial charge on any atom is -0.478 e. The van der Waals surface area contributed by atoms with Crippen LogP contribution in [0.3, 0.4) is 0 Å². The second kappa shape index (κ2) is 10.2. The lowest BCUT2D eigenvalue weighted by Gasteiger charge is -2.26. The maximum absolute atomic E-state index is 13.1. The maximum atomic E-state index is 13.1. The average molecular weight is 506 g/mol. The molecule has 1 heterocycles. The van der Waals surface area contributed by atoms with Crippen LogP contribution >= 0.6 is 11.6 Å². The van der Waals surface area contributed by atoms with Gasteiger partial charge in [0.1, 0.15) is 6.04 Å². The lowest BCUT2D eigenvalue weighted by Crippen LogP contribution is -2.46. The highest BCUT2D eigenvalue weighted by Crippen LogP contribution is 2.28. The van der Waals surface area contributed by atoms with Crippen LogP contribution in [0.25, 0.3) is 0 Å². The molecule has 1 aliphatic rings. The first-order valence-corrected chi connectivity index (χ1v) is 11.9. The number of sulfonamides is 1. The number of carbonyl (C=O) groups excluding carboxylic acids is 3. The zero-order valence-electron chi connectivity index (χ0n) is 17.6. The molecule has 0 radical (unpaired) electrons. The van der Waals surface area contributed by atoms with Gasteiger partial charge in [0.25, 0.3) is 5.91 Å². The number of carboxylic acid groups (broad SMARTS) is 1. The fraction of sp³-hybridized carbons (Fsp3) is 0.182. The van der Waals surface area contributed by atoms with Gasteiger partial charge in [-0.1, -0.05) is 29.8 Å². The van der Waals surface area contributed by atoms with Gasteiger partial charge in [-0.25, -0.2) is 23.3 Å².